The van der Waals surface area contributed by atoms with Crippen LogP contribution in [0, 0.1) is 0 Å². The van der Waals surface area contributed by atoms with Crippen molar-refractivity contribution >= 4 is 17.6 Å². The van der Waals surface area contributed by atoms with Gasteiger partial charge >= 0.3 is 6.03 Å². The summed E-state index contributed by atoms with van der Waals surface area (Å²) in [6.45, 7) is 2.00. The molecule has 0 aliphatic carbocycles. The molecule has 1 aromatic heterocycles. The summed E-state index contributed by atoms with van der Waals surface area (Å²) in [7, 11) is 1.59. The van der Waals surface area contributed by atoms with Gasteiger partial charge in [-0.1, -0.05) is 25.1 Å². The quantitative estimate of drug-likeness (QED) is 0.763. The largest absolute Gasteiger partial charge is 0.359 e. The number of nitrogens with one attached hydrogen (secondary N) is 3. The maximum Gasteiger partial charge on any atom is 0.319 e. The standard InChI is InChI=1S/C18H22N4O2/c1-3-15(13-8-10-20-11-9-13)21-18(24)22-16-7-5-4-6-14(16)12-17(23)19-2/h4-11,15H,3,12H2,1-2H3,(H,19,23)(H2,21,22,24)/t15-/m1/s1. The molecule has 0 saturated heterocycles. The van der Waals surface area contributed by atoms with Crippen LogP contribution in [0.25, 0.3) is 0 Å². The van der Waals surface area contributed by atoms with Gasteiger partial charge in [-0.3, -0.25) is 9.78 Å². The van der Waals surface area contributed by atoms with Gasteiger partial charge < -0.3 is 16.0 Å². The highest BCUT2D eigenvalue weighted by atomic mass is 16.2. The maximum atomic E-state index is 12.3. The van der Waals surface area contributed by atoms with Crippen LogP contribution in [0.4, 0.5) is 10.5 Å². The third kappa shape index (κ3) is 4.81. The van der Waals surface area contributed by atoms with Crippen LogP contribution in [0.15, 0.2) is 48.8 Å². The minimum absolute atomic E-state index is 0.0981. The molecule has 2 rings (SSSR count). The van der Waals surface area contributed by atoms with E-state index in [1.807, 2.05) is 37.3 Å². The van der Waals surface area contributed by atoms with Gasteiger partial charge in [0.2, 0.25) is 5.91 Å². The Bertz CT molecular complexity index is 688. The lowest BCUT2D eigenvalue weighted by molar-refractivity contribution is -0.119. The molecule has 0 fully saturated rings. The van der Waals surface area contributed by atoms with Crippen LogP contribution in [0.1, 0.15) is 30.5 Å². The lowest BCUT2D eigenvalue weighted by Crippen LogP contribution is -2.32. The van der Waals surface area contributed by atoms with Crippen LogP contribution in [0.2, 0.25) is 0 Å². The van der Waals surface area contributed by atoms with Crippen molar-refractivity contribution in [3.05, 3.63) is 59.9 Å². The smallest absolute Gasteiger partial charge is 0.319 e. The molecule has 6 nitrogen and oxygen atoms in total. The molecular weight excluding hydrogens is 304 g/mol. The molecule has 24 heavy (non-hydrogen) atoms. The molecule has 3 amide bonds. The van der Waals surface area contributed by atoms with Crippen molar-refractivity contribution in [1.82, 2.24) is 15.6 Å². The van der Waals surface area contributed by atoms with Gasteiger partial charge in [-0.15, -0.1) is 0 Å². The molecule has 6 heteroatoms. The minimum atomic E-state index is -0.303. The van der Waals surface area contributed by atoms with E-state index in [-0.39, 0.29) is 24.4 Å². The van der Waals surface area contributed by atoms with Gasteiger partial charge in [-0.2, -0.15) is 0 Å². The molecule has 0 radical (unpaired) electrons. The third-order valence-electron chi connectivity index (χ3n) is 3.72. The average Bonchev–Trinajstić information content (AvgIpc) is 2.62. The average molecular weight is 326 g/mol. The Balaban J connectivity index is 2.05. The first-order valence-electron chi connectivity index (χ1n) is 7.90. The van der Waals surface area contributed by atoms with Crippen LogP contribution in [-0.4, -0.2) is 24.0 Å². The first kappa shape index (κ1) is 17.5. The van der Waals surface area contributed by atoms with E-state index < -0.39 is 0 Å². The molecule has 0 unspecified atom stereocenters. The molecule has 0 aliphatic rings. The van der Waals surface area contributed by atoms with Gasteiger partial charge in [0, 0.05) is 25.1 Å². The van der Waals surface area contributed by atoms with E-state index in [2.05, 4.69) is 20.9 Å². The van der Waals surface area contributed by atoms with E-state index in [9.17, 15) is 9.59 Å². The molecule has 3 N–H and O–H groups in total. The lowest BCUT2D eigenvalue weighted by Gasteiger charge is -2.18. The Kier molecular flexibility index (Phi) is 6.31. The number of benzene rings is 1. The molecule has 2 aromatic rings. The zero-order valence-electron chi connectivity index (χ0n) is 13.9. The van der Waals surface area contributed by atoms with Crippen LogP contribution in [0.3, 0.4) is 0 Å². The van der Waals surface area contributed by atoms with E-state index >= 15 is 0 Å². The molecule has 126 valence electrons. The first-order chi connectivity index (χ1) is 11.6. The highest BCUT2D eigenvalue weighted by molar-refractivity contribution is 5.91. The second kappa shape index (κ2) is 8.67. The number of likely N-dealkylation sites (N-methyl/N-ethyl adjacent to an activating group) is 1. The number of pyridine rings is 1. The van der Waals surface area contributed by atoms with Crippen LogP contribution in [-0.2, 0) is 11.2 Å². The SMILES string of the molecule is CC[C@@H](NC(=O)Nc1ccccc1CC(=O)NC)c1ccncc1. The number of para-hydroxylation sites is 1. The molecule has 0 bridgehead atoms. The second-order valence-corrected chi connectivity index (χ2v) is 5.35. The molecular formula is C18H22N4O2. The molecule has 0 spiro atoms. The molecule has 1 aromatic carbocycles. The van der Waals surface area contributed by atoms with E-state index in [0.29, 0.717) is 5.69 Å². The van der Waals surface area contributed by atoms with E-state index in [1.165, 1.54) is 0 Å². The normalized spacial score (nSPS) is 11.4. The van der Waals surface area contributed by atoms with Crippen molar-refractivity contribution in [3.63, 3.8) is 0 Å². The van der Waals surface area contributed by atoms with E-state index in [0.717, 1.165) is 17.5 Å². The number of hydrogen-bond donors (Lipinski definition) is 3. The van der Waals surface area contributed by atoms with Crippen LogP contribution in [0.5, 0.6) is 0 Å². The summed E-state index contributed by atoms with van der Waals surface area (Å²) in [4.78, 5) is 27.9. The zero-order chi connectivity index (χ0) is 17.4. The zero-order valence-corrected chi connectivity index (χ0v) is 13.9. The Labute approximate surface area is 141 Å². The maximum absolute atomic E-state index is 12.3. The van der Waals surface area contributed by atoms with Gasteiger partial charge in [-0.25, -0.2) is 4.79 Å². The summed E-state index contributed by atoms with van der Waals surface area (Å²) in [6, 6.07) is 10.6. The number of carbonyl (C=O) groups is 2. The molecule has 0 aliphatic heterocycles. The molecule has 0 saturated carbocycles. The fourth-order valence-corrected chi connectivity index (χ4v) is 2.39. The lowest BCUT2D eigenvalue weighted by atomic mass is 10.1. The minimum Gasteiger partial charge on any atom is -0.359 e. The topological polar surface area (TPSA) is 83.1 Å². The van der Waals surface area contributed by atoms with Crippen molar-refractivity contribution < 1.29 is 9.59 Å². The number of rotatable bonds is 6. The van der Waals surface area contributed by atoms with Gasteiger partial charge in [0.15, 0.2) is 0 Å². The van der Waals surface area contributed by atoms with Crippen molar-refractivity contribution in [1.29, 1.82) is 0 Å². The van der Waals surface area contributed by atoms with Gasteiger partial charge in [0.25, 0.3) is 0 Å². The van der Waals surface area contributed by atoms with E-state index in [1.54, 1.807) is 25.5 Å². The fourth-order valence-electron chi connectivity index (χ4n) is 2.39. The number of aromatic nitrogens is 1. The van der Waals surface area contributed by atoms with Crippen molar-refractivity contribution in [2.75, 3.05) is 12.4 Å². The predicted octanol–water partition coefficient (Wildman–Crippen LogP) is 2.64. The Morgan fingerprint density at radius 3 is 2.50 bits per heavy atom. The molecule has 1 heterocycles. The highest BCUT2D eigenvalue weighted by Gasteiger charge is 2.14. The summed E-state index contributed by atoms with van der Waals surface area (Å²) in [5.41, 5.74) is 2.40. The summed E-state index contributed by atoms with van der Waals surface area (Å²) in [5.74, 6) is -0.104. The Morgan fingerprint density at radius 2 is 1.83 bits per heavy atom. The highest BCUT2D eigenvalue weighted by Crippen LogP contribution is 2.18. The number of hydrogen-bond acceptors (Lipinski definition) is 3. The number of anilines is 1. The van der Waals surface area contributed by atoms with Crippen molar-refractivity contribution in [2.45, 2.75) is 25.8 Å². The molecule has 1 atom stereocenters. The summed E-state index contributed by atoms with van der Waals surface area (Å²) in [5, 5.41) is 8.36. The fraction of sp³-hybridized carbons (Fsp3) is 0.278. The van der Waals surface area contributed by atoms with Crippen molar-refractivity contribution in [3.8, 4) is 0 Å². The third-order valence-corrected chi connectivity index (χ3v) is 3.72. The van der Waals surface area contributed by atoms with Gasteiger partial charge in [-0.05, 0) is 35.7 Å². The van der Waals surface area contributed by atoms with Crippen LogP contribution < -0.4 is 16.0 Å². The summed E-state index contributed by atoms with van der Waals surface area (Å²) < 4.78 is 0. The Hall–Kier alpha value is -2.89. The monoisotopic (exact) mass is 326 g/mol. The van der Waals surface area contributed by atoms with Crippen LogP contribution >= 0.6 is 0 Å². The van der Waals surface area contributed by atoms with Gasteiger partial charge in [0.05, 0.1) is 12.5 Å². The number of urea groups is 1. The summed E-state index contributed by atoms with van der Waals surface area (Å²) >= 11 is 0. The number of amides is 3. The first-order valence-corrected chi connectivity index (χ1v) is 7.90. The number of nitrogens with zero attached hydrogens (tertiary/aromatic N) is 1. The van der Waals surface area contributed by atoms with Crippen molar-refractivity contribution in [2.24, 2.45) is 0 Å². The van der Waals surface area contributed by atoms with E-state index in [4.69, 9.17) is 0 Å². The number of carbonyl (C=O) groups excluding carboxylic acids is 2. The van der Waals surface area contributed by atoms with Gasteiger partial charge in [0.1, 0.15) is 0 Å². The summed E-state index contributed by atoms with van der Waals surface area (Å²) in [6.07, 6.45) is 4.39. The second-order valence-electron chi connectivity index (χ2n) is 5.35. The predicted molar refractivity (Wildman–Crippen MR) is 93.6 cm³/mol. The Morgan fingerprint density at radius 1 is 1.12 bits per heavy atom.